The van der Waals surface area contributed by atoms with Crippen LogP contribution in [0.15, 0.2) is 103 Å². The number of amides is 3. The number of carbonyl (C=O) groups is 5. The van der Waals surface area contributed by atoms with Crippen molar-refractivity contribution >= 4 is 41.0 Å². The molecule has 5 heterocycles. The first-order valence-electron chi connectivity index (χ1n) is 20.2. The van der Waals surface area contributed by atoms with Crippen LogP contribution in [-0.2, 0) is 32.0 Å². The summed E-state index contributed by atoms with van der Waals surface area (Å²) >= 11 is 0. The molecule has 7 aromatic rings. The molecule has 3 amide bonds. The van der Waals surface area contributed by atoms with Crippen molar-refractivity contribution in [1.29, 1.82) is 0 Å². The van der Waals surface area contributed by atoms with Gasteiger partial charge < -0.3 is 49.7 Å². The number of likely N-dealkylation sites (N-methyl/N-ethyl adjacent to an activating group) is 2. The Kier molecular flexibility index (Phi) is 17.3. The van der Waals surface area contributed by atoms with Crippen LogP contribution in [0.4, 0.5) is 0 Å². The molecule has 0 spiro atoms. The molecule has 0 aliphatic heterocycles. The van der Waals surface area contributed by atoms with Gasteiger partial charge in [0.1, 0.15) is 16.9 Å². The van der Waals surface area contributed by atoms with Crippen molar-refractivity contribution in [2.45, 2.75) is 52.7 Å². The van der Waals surface area contributed by atoms with E-state index in [9.17, 15) is 28.8 Å². The van der Waals surface area contributed by atoms with Crippen LogP contribution in [0.1, 0.15) is 44.0 Å². The smallest absolute Gasteiger partial charge is 0.335 e. The molecule has 7 N–H and O–H groups in total. The molecule has 0 radical (unpaired) electrons. The molecule has 0 fully saturated rings. The van der Waals surface area contributed by atoms with Crippen molar-refractivity contribution in [3.63, 3.8) is 0 Å². The fourth-order valence-corrected chi connectivity index (χ4v) is 6.01. The van der Waals surface area contributed by atoms with Crippen LogP contribution in [0.3, 0.4) is 0 Å². The molecule has 2 aromatic carbocycles. The summed E-state index contributed by atoms with van der Waals surface area (Å²) in [6.07, 6.45) is 2.53. The van der Waals surface area contributed by atoms with E-state index >= 15 is 0 Å². The monoisotopic (exact) mass is 903 g/mol. The highest BCUT2D eigenvalue weighted by atomic mass is 16.4. The van der Waals surface area contributed by atoms with Crippen LogP contribution in [0.2, 0.25) is 0 Å². The fraction of sp³-hybridized carbons (Fsp3) is 0.255. The van der Waals surface area contributed by atoms with Crippen LogP contribution in [0.5, 0.6) is 0 Å². The van der Waals surface area contributed by atoms with Gasteiger partial charge in [0, 0.05) is 57.9 Å². The summed E-state index contributed by atoms with van der Waals surface area (Å²) in [5.74, 6) is -4.16. The Hall–Kier alpha value is -8.03. The largest absolute Gasteiger partial charge is 0.479 e. The molecule has 0 bridgehead atoms. The second-order valence-electron chi connectivity index (χ2n) is 15.6. The zero-order valence-electron chi connectivity index (χ0n) is 37.8. The molecule has 2 unspecified atom stereocenters. The number of carboxylic acid groups (broad SMARTS) is 2. The highest BCUT2D eigenvalue weighted by Crippen LogP contribution is 2.27. The van der Waals surface area contributed by atoms with E-state index in [1.807, 2.05) is 59.3 Å². The van der Waals surface area contributed by atoms with Gasteiger partial charge in [-0.3, -0.25) is 19.2 Å². The number of nitrogens with one attached hydrogen (secondary N) is 1. The molecule has 0 aliphatic rings. The minimum absolute atomic E-state index is 0.0710. The zero-order valence-corrected chi connectivity index (χ0v) is 37.8. The summed E-state index contributed by atoms with van der Waals surface area (Å²) in [6, 6.07) is 24.6. The molecular formula is C47H53N9O10. The average molecular weight is 904 g/mol. The maximum atomic E-state index is 12.3. The van der Waals surface area contributed by atoms with Gasteiger partial charge in [0.2, 0.25) is 11.8 Å². The standard InChI is InChI=1S/2C19H21N3O.C5H5N3O2.C4H6O6/c2*1-13-5-8-15(9-6-13)19-16(11-18(23)21(3)4)22-12-14(2)7-10-17(22)20-19;6-4(9)3-1-7-2-8-5(3)10;5-1(3(7)8)2(6)4(9)10/h2*5-10,12H,11H2,1-4H3;1-2H,(H2,6,9)(H,7,8,10);1-2,5-6H,(H,7,8)(H,9,10). The Labute approximate surface area is 379 Å². The van der Waals surface area contributed by atoms with Gasteiger partial charge in [-0.15, -0.1) is 0 Å². The maximum absolute atomic E-state index is 12.3. The van der Waals surface area contributed by atoms with Gasteiger partial charge in [-0.25, -0.2) is 24.5 Å². The number of aliphatic carboxylic acids is 2. The van der Waals surface area contributed by atoms with E-state index in [0.717, 1.165) is 62.5 Å². The number of nitrogens with zero attached hydrogens (tertiary/aromatic N) is 7. The number of hydrogen-bond donors (Lipinski definition) is 6. The number of nitrogens with two attached hydrogens (primary N) is 1. The molecule has 0 aliphatic carbocycles. The Morgan fingerprint density at radius 3 is 1.29 bits per heavy atom. The Morgan fingerprint density at radius 1 is 0.621 bits per heavy atom. The third kappa shape index (κ3) is 13.3. The number of aliphatic hydroxyl groups excluding tert-OH is 2. The molecule has 66 heavy (non-hydrogen) atoms. The summed E-state index contributed by atoms with van der Waals surface area (Å²) < 4.78 is 4.07. The minimum Gasteiger partial charge on any atom is -0.479 e. The predicted molar refractivity (Wildman–Crippen MR) is 246 cm³/mol. The summed E-state index contributed by atoms with van der Waals surface area (Å²) in [4.78, 5) is 83.6. The predicted octanol–water partition coefficient (Wildman–Crippen LogP) is 3.24. The molecule has 0 saturated carbocycles. The van der Waals surface area contributed by atoms with Crippen molar-refractivity contribution in [2.24, 2.45) is 5.73 Å². The molecule has 0 saturated heterocycles. The highest BCUT2D eigenvalue weighted by Gasteiger charge is 2.29. The molecule has 5 aromatic heterocycles. The number of aromatic amines is 1. The van der Waals surface area contributed by atoms with Gasteiger partial charge in [-0.2, -0.15) is 0 Å². The third-order valence-corrected chi connectivity index (χ3v) is 9.80. The number of primary amides is 1. The summed E-state index contributed by atoms with van der Waals surface area (Å²) in [5.41, 5.74) is 16.3. The normalized spacial score (nSPS) is 11.4. The lowest BCUT2D eigenvalue weighted by molar-refractivity contribution is -0.165. The Morgan fingerprint density at radius 2 is 0.985 bits per heavy atom. The summed E-state index contributed by atoms with van der Waals surface area (Å²) in [6.45, 7) is 8.21. The second-order valence-corrected chi connectivity index (χ2v) is 15.6. The van der Waals surface area contributed by atoms with Gasteiger partial charge in [0.05, 0.1) is 41.9 Å². The lowest BCUT2D eigenvalue weighted by Crippen LogP contribution is -2.39. The van der Waals surface area contributed by atoms with Crippen LogP contribution in [0.25, 0.3) is 33.8 Å². The first-order chi connectivity index (χ1) is 31.1. The Bertz CT molecular complexity index is 2740. The number of carbonyl (C=O) groups excluding carboxylic acids is 3. The molecule has 19 nitrogen and oxygen atoms in total. The second kappa shape index (κ2) is 22.5. The number of imidazole rings is 2. The maximum Gasteiger partial charge on any atom is 0.335 e. The van der Waals surface area contributed by atoms with Crippen LogP contribution < -0.4 is 11.3 Å². The summed E-state index contributed by atoms with van der Waals surface area (Å²) in [7, 11) is 7.12. The number of H-pyrrole nitrogens is 1. The number of hydrogen-bond acceptors (Lipinski definition) is 11. The van der Waals surface area contributed by atoms with E-state index in [2.05, 4.69) is 72.3 Å². The van der Waals surface area contributed by atoms with Gasteiger partial charge in [0.25, 0.3) is 11.5 Å². The molecule has 2 atom stereocenters. The average Bonchev–Trinajstić information content (AvgIpc) is 3.81. The number of aliphatic hydroxyl groups is 2. The van der Waals surface area contributed by atoms with E-state index in [4.69, 9.17) is 36.1 Å². The third-order valence-electron chi connectivity index (χ3n) is 9.80. The van der Waals surface area contributed by atoms with E-state index < -0.39 is 35.6 Å². The van der Waals surface area contributed by atoms with E-state index in [-0.39, 0.29) is 17.4 Å². The first kappa shape index (κ1) is 50.6. The van der Waals surface area contributed by atoms with Crippen LogP contribution in [-0.4, -0.2) is 129 Å². The van der Waals surface area contributed by atoms with Gasteiger partial charge in [-0.1, -0.05) is 71.8 Å². The van der Waals surface area contributed by atoms with Crippen molar-refractivity contribution in [2.75, 3.05) is 28.2 Å². The van der Waals surface area contributed by atoms with E-state index in [1.54, 1.807) is 38.0 Å². The molecule has 7 rings (SSSR count). The Balaban J connectivity index is 0.000000207. The lowest BCUT2D eigenvalue weighted by Gasteiger charge is -2.11. The van der Waals surface area contributed by atoms with E-state index in [0.29, 0.717) is 12.8 Å². The number of rotatable bonds is 10. The number of benzene rings is 2. The van der Waals surface area contributed by atoms with Crippen molar-refractivity contribution < 1.29 is 44.4 Å². The van der Waals surface area contributed by atoms with Crippen LogP contribution in [0, 0.1) is 27.7 Å². The highest BCUT2D eigenvalue weighted by molar-refractivity contribution is 5.92. The molecular weight excluding hydrogens is 851 g/mol. The number of aryl methyl sites for hydroxylation is 4. The molecule has 19 heteroatoms. The van der Waals surface area contributed by atoms with Gasteiger partial charge >= 0.3 is 11.9 Å². The van der Waals surface area contributed by atoms with Crippen molar-refractivity contribution in [1.82, 2.24) is 38.5 Å². The number of carboxylic acids is 2. The minimum atomic E-state index is -2.27. The lowest BCUT2D eigenvalue weighted by atomic mass is 10.1. The number of pyridine rings is 2. The SMILES string of the molecule is Cc1ccc(-c2nc3ccc(C)cn3c2CC(=O)N(C)C)cc1.Cc1ccc(-c2nc3ccc(C)cn3c2CC(=O)N(C)C)cc1.NC(=O)c1cnc[nH]c1=O.O=C(O)C(O)C(O)C(=O)O. The quantitative estimate of drug-likeness (QED) is 0.115. The van der Waals surface area contributed by atoms with Gasteiger partial charge in [-0.05, 0) is 51.0 Å². The van der Waals surface area contributed by atoms with Gasteiger partial charge in [0.15, 0.2) is 12.2 Å². The number of aromatic nitrogens is 6. The number of fused-ring (bicyclic) bond motifs is 2. The summed E-state index contributed by atoms with van der Waals surface area (Å²) in [5, 5.41) is 32.5. The topological polar surface area (TPSA) is 279 Å². The molecule has 346 valence electrons. The first-order valence-corrected chi connectivity index (χ1v) is 20.2. The van der Waals surface area contributed by atoms with E-state index in [1.165, 1.54) is 17.5 Å². The van der Waals surface area contributed by atoms with Crippen molar-refractivity contribution in [3.05, 3.63) is 147 Å². The zero-order chi connectivity index (χ0) is 49.0. The van der Waals surface area contributed by atoms with Crippen molar-refractivity contribution in [3.8, 4) is 22.5 Å². The fourth-order valence-electron chi connectivity index (χ4n) is 6.01. The van der Waals surface area contributed by atoms with Crippen LogP contribution >= 0.6 is 0 Å².